The lowest BCUT2D eigenvalue weighted by atomic mass is 10.1. The third-order valence-corrected chi connectivity index (χ3v) is 6.20. The van der Waals surface area contributed by atoms with Crippen LogP contribution in [-0.2, 0) is 17.9 Å². The number of likely N-dealkylation sites (tertiary alicyclic amines) is 1. The third kappa shape index (κ3) is 4.04. The first-order valence-corrected chi connectivity index (χ1v) is 11.0. The minimum atomic E-state index is -0.0587. The van der Waals surface area contributed by atoms with Gasteiger partial charge in [-0.3, -0.25) is 9.59 Å². The Kier molecular flexibility index (Phi) is 5.50. The van der Waals surface area contributed by atoms with Crippen molar-refractivity contribution in [3.8, 4) is 0 Å². The second kappa shape index (κ2) is 8.60. The normalized spacial score (nSPS) is 16.1. The highest BCUT2D eigenvalue weighted by Gasteiger charge is 2.34. The Morgan fingerprint density at radius 1 is 0.969 bits per heavy atom. The van der Waals surface area contributed by atoms with Gasteiger partial charge in [-0.05, 0) is 42.0 Å². The zero-order chi connectivity index (χ0) is 22.1. The lowest BCUT2D eigenvalue weighted by Gasteiger charge is -2.17. The molecule has 1 aromatic heterocycles. The maximum absolute atomic E-state index is 13.0. The molecule has 0 saturated carbocycles. The highest BCUT2D eigenvalue weighted by molar-refractivity contribution is 6.30. The summed E-state index contributed by atoms with van der Waals surface area (Å²) in [7, 11) is 0. The second-order valence-electron chi connectivity index (χ2n) is 8.14. The van der Waals surface area contributed by atoms with Crippen LogP contribution >= 0.6 is 11.6 Å². The van der Waals surface area contributed by atoms with Crippen LogP contribution in [0.5, 0.6) is 0 Å². The molecule has 0 radical (unpaired) electrons. The molecule has 0 N–H and O–H groups in total. The molecule has 0 spiro atoms. The first-order valence-electron chi connectivity index (χ1n) is 10.6. The smallest absolute Gasteiger partial charge is 0.223 e. The topological polar surface area (TPSA) is 55.2 Å². The number of hydrogen-bond acceptors (Lipinski definition) is 3. The van der Waals surface area contributed by atoms with Gasteiger partial charge in [0.1, 0.15) is 5.82 Å². The van der Waals surface area contributed by atoms with Gasteiger partial charge in [-0.25, -0.2) is 4.98 Å². The first-order chi connectivity index (χ1) is 15.6. The van der Waals surface area contributed by atoms with E-state index < -0.39 is 0 Å². The number of amides is 1. The van der Waals surface area contributed by atoms with Gasteiger partial charge < -0.3 is 9.47 Å². The number of rotatable bonds is 6. The SMILES string of the molecule is O=C(Cn1c(C2CC(=O)N(Cc3ccccc3)C2)nc2ccccc21)c1ccc(Cl)cc1. The molecular formula is C26H22ClN3O2. The second-order valence-corrected chi connectivity index (χ2v) is 8.57. The predicted octanol–water partition coefficient (Wildman–Crippen LogP) is 5.09. The van der Waals surface area contributed by atoms with E-state index in [1.165, 1.54) is 0 Å². The van der Waals surface area contributed by atoms with Crippen molar-refractivity contribution in [3.05, 3.63) is 101 Å². The van der Waals surface area contributed by atoms with Crippen LogP contribution in [0.3, 0.4) is 0 Å². The molecule has 6 heteroatoms. The molecule has 0 aliphatic carbocycles. The van der Waals surface area contributed by atoms with Crippen LogP contribution in [0.1, 0.15) is 34.1 Å². The van der Waals surface area contributed by atoms with Crippen LogP contribution in [0.15, 0.2) is 78.9 Å². The van der Waals surface area contributed by atoms with E-state index >= 15 is 0 Å². The van der Waals surface area contributed by atoms with Gasteiger partial charge in [-0.2, -0.15) is 0 Å². The predicted molar refractivity (Wildman–Crippen MR) is 125 cm³/mol. The number of imidazole rings is 1. The maximum Gasteiger partial charge on any atom is 0.223 e. The van der Waals surface area contributed by atoms with Crippen molar-refractivity contribution >= 4 is 34.3 Å². The fraction of sp³-hybridized carbons (Fsp3) is 0.192. The van der Waals surface area contributed by atoms with Crippen LogP contribution in [0, 0.1) is 0 Å². The molecule has 1 amide bonds. The molecule has 32 heavy (non-hydrogen) atoms. The Labute approximate surface area is 191 Å². The van der Waals surface area contributed by atoms with Crippen LogP contribution in [0.2, 0.25) is 5.02 Å². The summed E-state index contributed by atoms with van der Waals surface area (Å²) in [6.07, 6.45) is 0.394. The number of fused-ring (bicyclic) bond motifs is 1. The number of aromatic nitrogens is 2. The Hall–Kier alpha value is -3.44. The number of ketones is 1. The summed E-state index contributed by atoms with van der Waals surface area (Å²) < 4.78 is 1.97. The minimum absolute atomic E-state index is 0.0171. The van der Waals surface area contributed by atoms with Crippen molar-refractivity contribution in [2.75, 3.05) is 6.54 Å². The summed E-state index contributed by atoms with van der Waals surface area (Å²) in [6.45, 7) is 1.34. The number of carbonyl (C=O) groups excluding carboxylic acids is 2. The number of halogens is 1. The summed E-state index contributed by atoms with van der Waals surface area (Å²) in [4.78, 5) is 32.5. The van der Waals surface area contributed by atoms with E-state index in [9.17, 15) is 9.59 Å². The van der Waals surface area contributed by atoms with Gasteiger partial charge in [0.05, 0.1) is 17.6 Å². The van der Waals surface area contributed by atoms with E-state index in [-0.39, 0.29) is 24.2 Å². The van der Waals surface area contributed by atoms with Crippen LogP contribution in [-0.4, -0.2) is 32.7 Å². The summed E-state index contributed by atoms with van der Waals surface area (Å²) in [5.41, 5.74) is 3.44. The largest absolute Gasteiger partial charge is 0.338 e. The molecule has 1 atom stereocenters. The zero-order valence-corrected chi connectivity index (χ0v) is 18.2. The summed E-state index contributed by atoms with van der Waals surface area (Å²) in [5.74, 6) is 0.826. The molecule has 160 valence electrons. The highest BCUT2D eigenvalue weighted by atomic mass is 35.5. The molecule has 1 unspecified atom stereocenters. The van der Waals surface area contributed by atoms with E-state index in [0.717, 1.165) is 22.4 Å². The monoisotopic (exact) mass is 443 g/mol. The Morgan fingerprint density at radius 3 is 2.47 bits per heavy atom. The number of Topliss-reactive ketones (excluding diaryl/α,β-unsaturated/α-hetero) is 1. The summed E-state index contributed by atoms with van der Waals surface area (Å²) in [5, 5.41) is 0.596. The average molecular weight is 444 g/mol. The standard InChI is InChI=1S/C26H22ClN3O2/c27-21-12-10-19(11-13-21)24(31)17-30-23-9-5-4-8-22(23)28-26(30)20-14-25(32)29(16-20)15-18-6-2-1-3-7-18/h1-13,20H,14-17H2. The molecule has 5 nitrogen and oxygen atoms in total. The van der Waals surface area contributed by atoms with Crippen molar-refractivity contribution in [1.82, 2.24) is 14.5 Å². The van der Waals surface area contributed by atoms with Crippen LogP contribution < -0.4 is 0 Å². The van der Waals surface area contributed by atoms with Crippen molar-refractivity contribution in [2.45, 2.75) is 25.4 Å². The zero-order valence-electron chi connectivity index (χ0n) is 17.4. The third-order valence-electron chi connectivity index (χ3n) is 5.95. The quantitative estimate of drug-likeness (QED) is 0.390. The van der Waals surface area contributed by atoms with E-state index in [0.29, 0.717) is 30.1 Å². The highest BCUT2D eigenvalue weighted by Crippen LogP contribution is 2.31. The molecule has 0 bridgehead atoms. The van der Waals surface area contributed by atoms with Crippen LogP contribution in [0.4, 0.5) is 0 Å². The molecular weight excluding hydrogens is 422 g/mol. The summed E-state index contributed by atoms with van der Waals surface area (Å²) >= 11 is 5.97. The average Bonchev–Trinajstić information content (AvgIpc) is 3.35. The van der Waals surface area contributed by atoms with Gasteiger partial charge in [0, 0.05) is 36.0 Å². The minimum Gasteiger partial charge on any atom is -0.338 e. The molecule has 5 rings (SSSR count). The van der Waals surface area contributed by atoms with E-state index in [2.05, 4.69) is 0 Å². The number of hydrogen-bond donors (Lipinski definition) is 0. The van der Waals surface area contributed by atoms with Gasteiger partial charge in [0.2, 0.25) is 5.91 Å². The summed E-state index contributed by atoms with van der Waals surface area (Å²) in [6, 6.07) is 24.7. The number of nitrogens with zero attached hydrogens (tertiary/aromatic N) is 3. The molecule has 3 aromatic carbocycles. The van der Waals surface area contributed by atoms with Gasteiger partial charge >= 0.3 is 0 Å². The lowest BCUT2D eigenvalue weighted by Crippen LogP contribution is -2.24. The van der Waals surface area contributed by atoms with Gasteiger partial charge in [-0.1, -0.05) is 54.1 Å². The molecule has 1 aliphatic heterocycles. The van der Waals surface area contributed by atoms with Gasteiger partial charge in [0.15, 0.2) is 5.78 Å². The maximum atomic E-state index is 13.0. The van der Waals surface area contributed by atoms with Crippen molar-refractivity contribution < 1.29 is 9.59 Å². The number of para-hydroxylation sites is 2. The molecule has 1 fully saturated rings. The van der Waals surface area contributed by atoms with E-state index in [1.54, 1.807) is 24.3 Å². The van der Waals surface area contributed by atoms with Crippen LogP contribution in [0.25, 0.3) is 11.0 Å². The fourth-order valence-electron chi connectivity index (χ4n) is 4.34. The Morgan fingerprint density at radius 2 is 1.69 bits per heavy atom. The lowest BCUT2D eigenvalue weighted by molar-refractivity contribution is -0.128. The van der Waals surface area contributed by atoms with Crippen molar-refractivity contribution in [2.24, 2.45) is 0 Å². The first kappa shape index (κ1) is 20.5. The molecule has 1 saturated heterocycles. The van der Waals surface area contributed by atoms with Crippen molar-refractivity contribution in [1.29, 1.82) is 0 Å². The van der Waals surface area contributed by atoms with Gasteiger partial charge in [0.25, 0.3) is 0 Å². The van der Waals surface area contributed by atoms with Crippen molar-refractivity contribution in [3.63, 3.8) is 0 Å². The molecule has 1 aliphatic rings. The Bertz CT molecular complexity index is 1280. The number of carbonyl (C=O) groups is 2. The Balaban J connectivity index is 1.44. The molecule has 4 aromatic rings. The van der Waals surface area contributed by atoms with E-state index in [4.69, 9.17) is 16.6 Å². The number of benzene rings is 3. The van der Waals surface area contributed by atoms with E-state index in [1.807, 2.05) is 64.1 Å². The van der Waals surface area contributed by atoms with Gasteiger partial charge in [-0.15, -0.1) is 0 Å². The molecule has 2 heterocycles. The fourth-order valence-corrected chi connectivity index (χ4v) is 4.47.